The molecule has 0 N–H and O–H groups in total. The molecule has 3 aromatic rings. The summed E-state index contributed by atoms with van der Waals surface area (Å²) in [6.07, 6.45) is 3.01. The first-order chi connectivity index (χ1) is 12.3. The molecule has 0 aliphatic carbocycles. The van der Waals surface area contributed by atoms with Gasteiger partial charge in [-0.3, -0.25) is 4.98 Å². The summed E-state index contributed by atoms with van der Waals surface area (Å²) in [5, 5.41) is 0. The Morgan fingerprint density at radius 2 is 1.42 bits per heavy atom. The molecule has 3 rings (SSSR count). The Bertz CT molecular complexity index is 853. The molecule has 0 bridgehead atoms. The molecule has 1 nitrogen and oxygen atoms in total. The first kappa shape index (κ1) is 18.4. The highest BCUT2D eigenvalue weighted by atomic mass is 14.7. The maximum atomic E-state index is 4.75. The van der Waals surface area contributed by atoms with Gasteiger partial charge in [0.2, 0.25) is 0 Å². The maximum Gasteiger partial charge on any atom is 0.0702 e. The second-order valence-corrected chi connectivity index (χ2v) is 8.81. The highest BCUT2D eigenvalue weighted by molar-refractivity contribution is 5.60. The third-order valence-corrected chi connectivity index (χ3v) is 5.05. The Kier molecular flexibility index (Phi) is 5.00. The molecular weight excluding hydrogens is 314 g/mol. The molecule has 0 aliphatic heterocycles. The van der Waals surface area contributed by atoms with Crippen molar-refractivity contribution in [2.45, 2.75) is 51.9 Å². The molecule has 0 fully saturated rings. The predicted octanol–water partition coefficient (Wildman–Crippen LogP) is 6.57. The summed E-state index contributed by atoms with van der Waals surface area (Å²) in [6, 6.07) is 23.8. The van der Waals surface area contributed by atoms with Gasteiger partial charge >= 0.3 is 0 Å². The van der Waals surface area contributed by atoms with Crippen molar-refractivity contribution in [2.24, 2.45) is 0 Å². The molecule has 0 saturated heterocycles. The molecule has 134 valence electrons. The Balaban J connectivity index is 1.81. The second kappa shape index (κ2) is 7.07. The van der Waals surface area contributed by atoms with Crippen LogP contribution in [0.5, 0.6) is 0 Å². The van der Waals surface area contributed by atoms with Crippen LogP contribution in [0.1, 0.15) is 51.3 Å². The van der Waals surface area contributed by atoms with Gasteiger partial charge in [0.25, 0.3) is 0 Å². The van der Waals surface area contributed by atoms with Crippen molar-refractivity contribution in [3.63, 3.8) is 0 Å². The van der Waals surface area contributed by atoms with Crippen LogP contribution >= 0.6 is 0 Å². The van der Waals surface area contributed by atoms with Gasteiger partial charge in [0.05, 0.1) is 5.69 Å². The van der Waals surface area contributed by atoms with Gasteiger partial charge in [0.1, 0.15) is 0 Å². The van der Waals surface area contributed by atoms with Gasteiger partial charge < -0.3 is 0 Å². The predicted molar refractivity (Wildman–Crippen MR) is 112 cm³/mol. The Labute approximate surface area is 158 Å². The molecular formula is C25H29N. The fourth-order valence-electron chi connectivity index (χ4n) is 3.35. The summed E-state index contributed by atoms with van der Waals surface area (Å²) in [6.45, 7) is 11.3. The van der Waals surface area contributed by atoms with Crippen molar-refractivity contribution in [3.05, 3.63) is 89.6 Å². The monoisotopic (exact) mass is 343 g/mol. The molecule has 0 saturated carbocycles. The molecule has 0 aliphatic rings. The normalized spacial score (nSPS) is 12.2. The molecule has 1 heteroatoms. The lowest BCUT2D eigenvalue weighted by Gasteiger charge is -2.25. The van der Waals surface area contributed by atoms with Crippen LogP contribution in [0, 0.1) is 0 Å². The summed E-state index contributed by atoms with van der Waals surface area (Å²) in [7, 11) is 0. The number of pyridine rings is 1. The van der Waals surface area contributed by atoms with Crippen LogP contribution in [0.15, 0.2) is 72.9 Å². The minimum absolute atomic E-state index is 0.0939. The zero-order chi connectivity index (χ0) is 18.8. The van der Waals surface area contributed by atoms with E-state index in [9.17, 15) is 0 Å². The van der Waals surface area contributed by atoms with Crippen molar-refractivity contribution in [1.29, 1.82) is 0 Å². The SMILES string of the molecule is CC(C)(C)c1cccc(-c2ccc(CC(C)(C)c3ccccc3)cn2)c1. The van der Waals surface area contributed by atoms with Crippen LogP contribution in [0.2, 0.25) is 0 Å². The Hall–Kier alpha value is -2.41. The molecule has 0 amide bonds. The number of hydrogen-bond donors (Lipinski definition) is 0. The van der Waals surface area contributed by atoms with Gasteiger partial charge in [-0.2, -0.15) is 0 Å². The summed E-state index contributed by atoms with van der Waals surface area (Å²) in [5.41, 5.74) is 6.44. The van der Waals surface area contributed by atoms with Crippen LogP contribution in [0.3, 0.4) is 0 Å². The average Bonchev–Trinajstić information content (AvgIpc) is 2.62. The van der Waals surface area contributed by atoms with Crippen LogP contribution < -0.4 is 0 Å². The number of aromatic nitrogens is 1. The van der Waals surface area contributed by atoms with Crippen LogP contribution in [-0.4, -0.2) is 4.98 Å². The molecule has 0 spiro atoms. The lowest BCUT2D eigenvalue weighted by atomic mass is 9.79. The fourth-order valence-corrected chi connectivity index (χ4v) is 3.35. The standard InChI is InChI=1S/C25H29N/c1-24(2,3)22-13-9-10-20(16-22)23-15-14-19(18-26-23)17-25(4,5)21-11-7-6-8-12-21/h6-16,18H,17H2,1-5H3. The summed E-state index contributed by atoms with van der Waals surface area (Å²) >= 11 is 0. The average molecular weight is 344 g/mol. The number of hydrogen-bond acceptors (Lipinski definition) is 1. The van der Waals surface area contributed by atoms with E-state index < -0.39 is 0 Å². The molecule has 2 aromatic carbocycles. The van der Waals surface area contributed by atoms with Gasteiger partial charge in [0, 0.05) is 11.8 Å². The third kappa shape index (κ3) is 4.22. The van der Waals surface area contributed by atoms with Gasteiger partial charge in [-0.25, -0.2) is 0 Å². The van der Waals surface area contributed by atoms with E-state index in [0.29, 0.717) is 0 Å². The summed E-state index contributed by atoms with van der Waals surface area (Å²) in [4.78, 5) is 4.75. The molecule has 26 heavy (non-hydrogen) atoms. The van der Waals surface area contributed by atoms with E-state index in [1.165, 1.54) is 22.3 Å². The molecule has 0 atom stereocenters. The van der Waals surface area contributed by atoms with Crippen LogP contribution in [-0.2, 0) is 17.3 Å². The number of benzene rings is 2. The topological polar surface area (TPSA) is 12.9 Å². The van der Waals surface area contributed by atoms with Crippen molar-refractivity contribution >= 4 is 0 Å². The van der Waals surface area contributed by atoms with Crippen molar-refractivity contribution < 1.29 is 0 Å². The minimum atomic E-state index is 0.0939. The van der Waals surface area contributed by atoms with E-state index in [-0.39, 0.29) is 10.8 Å². The second-order valence-electron chi connectivity index (χ2n) is 8.81. The van der Waals surface area contributed by atoms with Crippen LogP contribution in [0.25, 0.3) is 11.3 Å². The van der Waals surface area contributed by atoms with E-state index in [1.54, 1.807) is 0 Å². The first-order valence-corrected chi connectivity index (χ1v) is 9.37. The maximum absolute atomic E-state index is 4.75. The van der Waals surface area contributed by atoms with Crippen molar-refractivity contribution in [2.75, 3.05) is 0 Å². The number of rotatable bonds is 4. The van der Waals surface area contributed by atoms with Gasteiger partial charge in [-0.15, -0.1) is 0 Å². The van der Waals surface area contributed by atoms with E-state index in [1.807, 2.05) is 6.20 Å². The molecule has 0 unspecified atom stereocenters. The summed E-state index contributed by atoms with van der Waals surface area (Å²) < 4.78 is 0. The lowest BCUT2D eigenvalue weighted by Crippen LogP contribution is -2.20. The van der Waals surface area contributed by atoms with Crippen molar-refractivity contribution in [3.8, 4) is 11.3 Å². The quantitative estimate of drug-likeness (QED) is 0.522. The molecule has 1 aromatic heterocycles. The third-order valence-electron chi connectivity index (χ3n) is 5.05. The van der Waals surface area contributed by atoms with Crippen LogP contribution in [0.4, 0.5) is 0 Å². The fraction of sp³-hybridized carbons (Fsp3) is 0.320. The van der Waals surface area contributed by atoms with E-state index in [4.69, 9.17) is 4.98 Å². The van der Waals surface area contributed by atoms with E-state index in [2.05, 4.69) is 101 Å². The van der Waals surface area contributed by atoms with E-state index in [0.717, 1.165) is 12.1 Å². The van der Waals surface area contributed by atoms with Gasteiger partial charge in [-0.05, 0) is 46.1 Å². The minimum Gasteiger partial charge on any atom is -0.256 e. The lowest BCUT2D eigenvalue weighted by molar-refractivity contribution is 0.521. The summed E-state index contributed by atoms with van der Waals surface area (Å²) in [5.74, 6) is 0. The molecule has 1 heterocycles. The first-order valence-electron chi connectivity index (χ1n) is 9.37. The molecule has 0 radical (unpaired) electrons. The van der Waals surface area contributed by atoms with Gasteiger partial charge in [-0.1, -0.05) is 89.2 Å². The Morgan fingerprint density at radius 1 is 0.731 bits per heavy atom. The highest BCUT2D eigenvalue weighted by Crippen LogP contribution is 2.29. The van der Waals surface area contributed by atoms with Crippen molar-refractivity contribution in [1.82, 2.24) is 4.98 Å². The smallest absolute Gasteiger partial charge is 0.0702 e. The highest BCUT2D eigenvalue weighted by Gasteiger charge is 2.21. The Morgan fingerprint density at radius 3 is 2.04 bits per heavy atom. The van der Waals surface area contributed by atoms with Gasteiger partial charge in [0.15, 0.2) is 0 Å². The number of nitrogens with zero attached hydrogens (tertiary/aromatic N) is 1. The van der Waals surface area contributed by atoms with E-state index >= 15 is 0 Å². The largest absolute Gasteiger partial charge is 0.256 e. The zero-order valence-electron chi connectivity index (χ0n) is 16.6. The zero-order valence-corrected chi connectivity index (χ0v) is 16.6.